The lowest BCUT2D eigenvalue weighted by Gasteiger charge is -2.20. The Kier molecular flexibility index (Phi) is 2.31. The minimum atomic E-state index is -0.620. The van der Waals surface area contributed by atoms with Crippen molar-refractivity contribution in [1.82, 2.24) is 0 Å². The summed E-state index contributed by atoms with van der Waals surface area (Å²) in [6.45, 7) is 1.83. The molecule has 1 atom stereocenters. The van der Waals surface area contributed by atoms with E-state index < -0.39 is 11.6 Å². The number of ketones is 1. The maximum atomic E-state index is 13.3. The van der Waals surface area contributed by atoms with Gasteiger partial charge in [-0.1, -0.05) is 6.92 Å². The van der Waals surface area contributed by atoms with Crippen LogP contribution in [0.15, 0.2) is 17.0 Å². The molecule has 1 aliphatic heterocycles. The van der Waals surface area contributed by atoms with E-state index in [1.165, 1.54) is 11.8 Å². The minimum Gasteiger partial charge on any atom is -0.294 e. The summed E-state index contributed by atoms with van der Waals surface area (Å²) in [5.74, 6) is -1.43. The topological polar surface area (TPSA) is 17.1 Å². The Labute approximate surface area is 84.5 Å². The molecule has 0 aromatic heterocycles. The normalized spacial score (nSPS) is 20.8. The fourth-order valence-electron chi connectivity index (χ4n) is 1.51. The monoisotopic (exact) mass is 214 g/mol. The van der Waals surface area contributed by atoms with Crippen LogP contribution in [0.2, 0.25) is 0 Å². The van der Waals surface area contributed by atoms with Gasteiger partial charge in [0.1, 0.15) is 11.6 Å². The molecular weight excluding hydrogens is 206 g/mol. The van der Waals surface area contributed by atoms with Crippen LogP contribution in [-0.2, 0) is 0 Å². The molecule has 0 bridgehead atoms. The molecule has 0 fully saturated rings. The smallest absolute Gasteiger partial charge is 0.168 e. The molecule has 0 N–H and O–H groups in total. The molecule has 4 heteroatoms. The Morgan fingerprint density at radius 2 is 2.00 bits per heavy atom. The predicted octanol–water partition coefficient (Wildman–Crippen LogP) is 3.03. The molecule has 0 saturated heterocycles. The van der Waals surface area contributed by atoms with Crippen LogP contribution in [0.25, 0.3) is 0 Å². The summed E-state index contributed by atoms with van der Waals surface area (Å²) < 4.78 is 26.5. The van der Waals surface area contributed by atoms with Crippen LogP contribution in [0.5, 0.6) is 0 Å². The molecule has 1 unspecified atom stereocenters. The zero-order valence-corrected chi connectivity index (χ0v) is 8.33. The average Bonchev–Trinajstić information content (AvgIpc) is 2.10. The molecule has 0 spiro atoms. The van der Waals surface area contributed by atoms with Crippen LogP contribution in [0.4, 0.5) is 8.78 Å². The summed E-state index contributed by atoms with van der Waals surface area (Å²) in [4.78, 5) is 11.6. The molecule has 14 heavy (non-hydrogen) atoms. The van der Waals surface area contributed by atoms with Gasteiger partial charge in [0.15, 0.2) is 5.78 Å². The van der Waals surface area contributed by atoms with Crippen molar-refractivity contribution >= 4 is 17.5 Å². The second-order valence-corrected chi connectivity index (χ2v) is 4.74. The lowest BCUT2D eigenvalue weighted by Crippen LogP contribution is -2.17. The molecule has 1 aromatic carbocycles. The van der Waals surface area contributed by atoms with Crippen molar-refractivity contribution in [1.29, 1.82) is 0 Å². The number of hydrogen-bond acceptors (Lipinski definition) is 2. The van der Waals surface area contributed by atoms with Crippen LogP contribution >= 0.6 is 11.8 Å². The summed E-state index contributed by atoms with van der Waals surface area (Å²) in [6, 6.07) is 2.06. The fourth-order valence-corrected chi connectivity index (χ4v) is 2.66. The second-order valence-electron chi connectivity index (χ2n) is 3.29. The molecule has 1 heterocycles. The number of carbonyl (C=O) groups excluding carboxylic acids is 1. The lowest BCUT2D eigenvalue weighted by atomic mass is 10.1. The number of carbonyl (C=O) groups is 1. The standard InChI is InChI=1S/C10H8F2OS/c1-5-4-8(13)9-6(11)2-3-7(12)10(9)14-5/h2-3,5H,4H2,1H3. The number of rotatable bonds is 0. The number of halogens is 2. The van der Waals surface area contributed by atoms with Gasteiger partial charge in [-0.2, -0.15) is 0 Å². The van der Waals surface area contributed by atoms with E-state index in [0.717, 1.165) is 12.1 Å². The van der Waals surface area contributed by atoms with Gasteiger partial charge in [-0.25, -0.2) is 8.78 Å². The highest BCUT2D eigenvalue weighted by atomic mass is 32.2. The summed E-state index contributed by atoms with van der Waals surface area (Å²) in [5, 5.41) is 0.0197. The van der Waals surface area contributed by atoms with Crippen LogP contribution in [0, 0.1) is 11.6 Å². The molecular formula is C10H8F2OS. The van der Waals surface area contributed by atoms with E-state index in [4.69, 9.17) is 0 Å². The van der Waals surface area contributed by atoms with Gasteiger partial charge in [0.2, 0.25) is 0 Å². The molecule has 1 aromatic rings. The first-order valence-electron chi connectivity index (χ1n) is 4.27. The van der Waals surface area contributed by atoms with Gasteiger partial charge in [0, 0.05) is 11.7 Å². The maximum absolute atomic E-state index is 13.3. The number of hydrogen-bond donors (Lipinski definition) is 0. The van der Waals surface area contributed by atoms with Crippen LogP contribution in [0.1, 0.15) is 23.7 Å². The quantitative estimate of drug-likeness (QED) is 0.660. The van der Waals surface area contributed by atoms with Gasteiger partial charge in [-0.3, -0.25) is 4.79 Å². The highest BCUT2D eigenvalue weighted by Crippen LogP contribution is 2.37. The summed E-state index contributed by atoms with van der Waals surface area (Å²) >= 11 is 1.22. The van der Waals surface area contributed by atoms with Crippen LogP contribution in [-0.4, -0.2) is 11.0 Å². The Balaban J connectivity index is 2.63. The van der Waals surface area contributed by atoms with Gasteiger partial charge in [0.25, 0.3) is 0 Å². The first-order chi connectivity index (χ1) is 6.59. The third-order valence-electron chi connectivity index (χ3n) is 2.13. The van der Waals surface area contributed by atoms with Gasteiger partial charge in [-0.05, 0) is 12.1 Å². The van der Waals surface area contributed by atoms with Crippen molar-refractivity contribution in [3.05, 3.63) is 29.3 Å². The zero-order chi connectivity index (χ0) is 10.3. The Hall–Kier alpha value is -0.900. The van der Waals surface area contributed by atoms with E-state index in [1.54, 1.807) is 0 Å². The number of Topliss-reactive ketones (excluding diaryl/α,β-unsaturated/α-hetero) is 1. The Morgan fingerprint density at radius 3 is 2.71 bits per heavy atom. The van der Waals surface area contributed by atoms with E-state index in [1.807, 2.05) is 6.92 Å². The third-order valence-corrected chi connectivity index (χ3v) is 3.33. The first-order valence-corrected chi connectivity index (χ1v) is 5.15. The molecule has 0 saturated carbocycles. The van der Waals surface area contributed by atoms with Crippen molar-refractivity contribution < 1.29 is 13.6 Å². The van der Waals surface area contributed by atoms with Gasteiger partial charge in [-0.15, -0.1) is 11.8 Å². The summed E-state index contributed by atoms with van der Waals surface area (Å²) in [7, 11) is 0. The van der Waals surface area contributed by atoms with Crippen LogP contribution < -0.4 is 0 Å². The molecule has 1 aliphatic rings. The maximum Gasteiger partial charge on any atom is 0.168 e. The van der Waals surface area contributed by atoms with E-state index in [2.05, 4.69) is 0 Å². The predicted molar refractivity (Wildman–Crippen MR) is 50.6 cm³/mol. The van der Waals surface area contributed by atoms with Crippen molar-refractivity contribution in [3.8, 4) is 0 Å². The van der Waals surface area contributed by atoms with Crippen molar-refractivity contribution in [2.45, 2.75) is 23.5 Å². The van der Waals surface area contributed by atoms with E-state index in [-0.39, 0.29) is 27.9 Å². The van der Waals surface area contributed by atoms with Crippen LogP contribution in [0.3, 0.4) is 0 Å². The van der Waals surface area contributed by atoms with E-state index in [9.17, 15) is 13.6 Å². The minimum absolute atomic E-state index is 0.0197. The average molecular weight is 214 g/mol. The number of fused-ring (bicyclic) bond motifs is 1. The van der Waals surface area contributed by atoms with Gasteiger partial charge >= 0.3 is 0 Å². The summed E-state index contributed by atoms with van der Waals surface area (Å²) in [5.41, 5.74) is -0.0758. The Morgan fingerprint density at radius 1 is 1.36 bits per heavy atom. The van der Waals surface area contributed by atoms with E-state index >= 15 is 0 Å². The molecule has 0 radical (unpaired) electrons. The third kappa shape index (κ3) is 1.43. The number of thioether (sulfide) groups is 1. The van der Waals surface area contributed by atoms with Crippen molar-refractivity contribution in [2.24, 2.45) is 0 Å². The van der Waals surface area contributed by atoms with Gasteiger partial charge in [0.05, 0.1) is 10.5 Å². The lowest BCUT2D eigenvalue weighted by molar-refractivity contribution is 0.0973. The van der Waals surface area contributed by atoms with E-state index in [0.29, 0.717) is 0 Å². The Bertz CT molecular complexity index is 403. The highest BCUT2D eigenvalue weighted by molar-refractivity contribution is 8.00. The van der Waals surface area contributed by atoms with Crippen molar-refractivity contribution in [3.63, 3.8) is 0 Å². The molecule has 74 valence electrons. The highest BCUT2D eigenvalue weighted by Gasteiger charge is 2.28. The molecule has 0 amide bonds. The second kappa shape index (κ2) is 3.35. The molecule has 2 rings (SSSR count). The number of benzene rings is 1. The largest absolute Gasteiger partial charge is 0.294 e. The first kappa shape index (κ1) is 9.65. The zero-order valence-electron chi connectivity index (χ0n) is 7.51. The molecule has 1 nitrogen and oxygen atoms in total. The van der Waals surface area contributed by atoms with Gasteiger partial charge < -0.3 is 0 Å². The molecule has 0 aliphatic carbocycles. The fraction of sp³-hybridized carbons (Fsp3) is 0.300. The summed E-state index contributed by atoms with van der Waals surface area (Å²) in [6.07, 6.45) is 0.276. The SMILES string of the molecule is CC1CC(=O)c2c(F)ccc(F)c2S1. The van der Waals surface area contributed by atoms with Crippen molar-refractivity contribution in [2.75, 3.05) is 0 Å².